The van der Waals surface area contributed by atoms with E-state index in [9.17, 15) is 4.79 Å². The zero-order chi connectivity index (χ0) is 19.2. The summed E-state index contributed by atoms with van der Waals surface area (Å²) in [5.41, 5.74) is 0. The first kappa shape index (κ1) is 22.6. The third-order valence-electron chi connectivity index (χ3n) is 3.96. The summed E-state index contributed by atoms with van der Waals surface area (Å²) in [5, 5.41) is 4.65. The Labute approximate surface area is 161 Å². The first-order chi connectivity index (χ1) is 12.6. The van der Waals surface area contributed by atoms with Crippen molar-refractivity contribution in [3.05, 3.63) is 22.4 Å². The summed E-state index contributed by atoms with van der Waals surface area (Å²) in [4.78, 5) is 19.9. The number of hydrogen-bond acceptors (Lipinski definition) is 6. The van der Waals surface area contributed by atoms with Crippen LogP contribution < -0.4 is 5.32 Å². The topological polar surface area (TPSA) is 63.2 Å². The maximum atomic E-state index is 12.3. The van der Waals surface area contributed by atoms with E-state index in [1.165, 1.54) is 11.3 Å². The number of carbonyl (C=O) groups is 1. The lowest BCUT2D eigenvalue weighted by Gasteiger charge is -2.18. The fraction of sp³-hybridized carbons (Fsp3) is 0.684. The maximum absolute atomic E-state index is 12.3. The molecule has 1 N–H and O–H groups in total. The number of amides is 1. The molecule has 0 aliphatic rings. The molecule has 0 aliphatic carbocycles. The highest BCUT2D eigenvalue weighted by Crippen LogP contribution is 2.08. The van der Waals surface area contributed by atoms with Crippen LogP contribution in [0.5, 0.6) is 0 Å². The normalized spacial score (nSPS) is 13.0. The molecular weight excluding hydrogens is 350 g/mol. The van der Waals surface area contributed by atoms with Gasteiger partial charge in [0.15, 0.2) is 0 Å². The van der Waals surface area contributed by atoms with Crippen molar-refractivity contribution in [1.82, 2.24) is 10.2 Å². The highest BCUT2D eigenvalue weighted by atomic mass is 32.1. The molecule has 1 aromatic heterocycles. The molecule has 1 aromatic rings. The Morgan fingerprint density at radius 2 is 2.08 bits per heavy atom. The minimum Gasteiger partial charge on any atom is -0.463 e. The van der Waals surface area contributed by atoms with Crippen LogP contribution in [0.15, 0.2) is 22.5 Å². The van der Waals surface area contributed by atoms with E-state index < -0.39 is 0 Å². The molecular formula is C19H33N3O3S. The highest BCUT2D eigenvalue weighted by Gasteiger charge is 2.13. The smallest absolute Gasteiger partial charge is 0.292 e. The molecule has 0 unspecified atom stereocenters. The number of nitrogens with zero attached hydrogens (tertiary/aromatic N) is 2. The zero-order valence-electron chi connectivity index (χ0n) is 16.5. The van der Waals surface area contributed by atoms with Gasteiger partial charge in [0.1, 0.15) is 6.61 Å². The van der Waals surface area contributed by atoms with Gasteiger partial charge in [-0.25, -0.2) is 4.99 Å². The van der Waals surface area contributed by atoms with E-state index in [0.29, 0.717) is 24.7 Å². The molecule has 0 aromatic carbocycles. The van der Waals surface area contributed by atoms with Gasteiger partial charge in [0, 0.05) is 6.61 Å². The molecule has 0 aliphatic heterocycles. The molecule has 148 valence electrons. The molecule has 1 atom stereocenters. The predicted molar refractivity (Wildman–Crippen MR) is 108 cm³/mol. The standard InChI is InChI=1S/C19H33N3O3S/c1-5-22(6-2)12-8-10-16(4)20-19(25-14-13-24-7-3)21-18(23)17-11-9-15-26-17/h9,11,15-16H,5-8,10,12-14H2,1-4H3,(H,20,21,23)/t16-/m1/s1. The highest BCUT2D eigenvalue weighted by molar-refractivity contribution is 7.12. The molecule has 0 fully saturated rings. The number of hydrogen-bond donors (Lipinski definition) is 1. The summed E-state index contributed by atoms with van der Waals surface area (Å²) in [6, 6.07) is 3.99. The largest absolute Gasteiger partial charge is 0.463 e. The van der Waals surface area contributed by atoms with Gasteiger partial charge in [-0.05, 0) is 57.8 Å². The third-order valence-corrected chi connectivity index (χ3v) is 4.83. The third kappa shape index (κ3) is 9.31. The monoisotopic (exact) mass is 383 g/mol. The summed E-state index contributed by atoms with van der Waals surface area (Å²) in [6.07, 6.45) is 2.02. The van der Waals surface area contributed by atoms with E-state index in [-0.39, 0.29) is 18.0 Å². The van der Waals surface area contributed by atoms with Crippen LogP contribution in [0.1, 0.15) is 50.2 Å². The number of rotatable bonds is 12. The van der Waals surface area contributed by atoms with Gasteiger partial charge >= 0.3 is 0 Å². The number of thiophene rings is 1. The number of aliphatic imine (C=N–C) groups is 1. The second kappa shape index (κ2) is 13.7. The lowest BCUT2D eigenvalue weighted by molar-refractivity contribution is 0.0924. The Balaban J connectivity index is 2.57. The van der Waals surface area contributed by atoms with E-state index in [1.807, 2.05) is 25.3 Å². The molecule has 0 spiro atoms. The van der Waals surface area contributed by atoms with Crippen LogP contribution in [-0.4, -0.2) is 62.3 Å². The number of ether oxygens (including phenoxy) is 2. The first-order valence-corrected chi connectivity index (χ1v) is 10.3. The average molecular weight is 384 g/mol. The molecule has 1 amide bonds. The van der Waals surface area contributed by atoms with Crippen LogP contribution in [0.25, 0.3) is 0 Å². The minimum absolute atomic E-state index is 0.0799. The Bertz CT molecular complexity index is 516. The molecule has 1 heterocycles. The van der Waals surface area contributed by atoms with Gasteiger partial charge in [-0.3, -0.25) is 10.1 Å². The van der Waals surface area contributed by atoms with Crippen LogP contribution >= 0.6 is 11.3 Å². The van der Waals surface area contributed by atoms with Crippen molar-refractivity contribution in [2.45, 2.75) is 46.6 Å². The van der Waals surface area contributed by atoms with E-state index in [2.05, 4.69) is 29.1 Å². The summed E-state index contributed by atoms with van der Waals surface area (Å²) >= 11 is 1.39. The Morgan fingerprint density at radius 1 is 1.31 bits per heavy atom. The van der Waals surface area contributed by atoms with Crippen molar-refractivity contribution in [3.63, 3.8) is 0 Å². The summed E-state index contributed by atoms with van der Waals surface area (Å²) in [7, 11) is 0. The Hall–Kier alpha value is -1.44. The second-order valence-electron chi connectivity index (χ2n) is 5.93. The molecule has 0 bridgehead atoms. The summed E-state index contributed by atoms with van der Waals surface area (Å²) in [6.45, 7) is 13.0. The van der Waals surface area contributed by atoms with Gasteiger partial charge in [0.05, 0.1) is 17.5 Å². The van der Waals surface area contributed by atoms with Gasteiger partial charge in [0.25, 0.3) is 11.9 Å². The van der Waals surface area contributed by atoms with Crippen molar-refractivity contribution in [1.29, 1.82) is 0 Å². The van der Waals surface area contributed by atoms with Gasteiger partial charge in [-0.2, -0.15) is 0 Å². The predicted octanol–water partition coefficient (Wildman–Crippen LogP) is 3.40. The number of nitrogens with one attached hydrogen (secondary N) is 1. The van der Waals surface area contributed by atoms with Gasteiger partial charge in [0.2, 0.25) is 0 Å². The Morgan fingerprint density at radius 3 is 2.69 bits per heavy atom. The van der Waals surface area contributed by atoms with Crippen molar-refractivity contribution < 1.29 is 14.3 Å². The molecule has 0 saturated heterocycles. The molecule has 1 rings (SSSR count). The van der Waals surface area contributed by atoms with Gasteiger partial charge in [-0.1, -0.05) is 19.9 Å². The minimum atomic E-state index is -0.189. The van der Waals surface area contributed by atoms with Crippen LogP contribution in [0, 0.1) is 0 Å². The van der Waals surface area contributed by atoms with Crippen molar-refractivity contribution >= 4 is 23.3 Å². The lowest BCUT2D eigenvalue weighted by atomic mass is 10.2. The van der Waals surface area contributed by atoms with Crippen LogP contribution in [0.3, 0.4) is 0 Å². The number of carbonyl (C=O) groups excluding carboxylic acids is 1. The van der Waals surface area contributed by atoms with Crippen LogP contribution in [-0.2, 0) is 9.47 Å². The van der Waals surface area contributed by atoms with Crippen molar-refractivity contribution in [2.24, 2.45) is 4.99 Å². The average Bonchev–Trinajstić information content (AvgIpc) is 3.17. The van der Waals surface area contributed by atoms with Crippen LogP contribution in [0.4, 0.5) is 0 Å². The maximum Gasteiger partial charge on any atom is 0.292 e. The lowest BCUT2D eigenvalue weighted by Crippen LogP contribution is -2.34. The fourth-order valence-electron chi connectivity index (χ4n) is 2.43. The fourth-order valence-corrected chi connectivity index (χ4v) is 3.05. The molecule has 0 radical (unpaired) electrons. The molecule has 7 heteroatoms. The second-order valence-corrected chi connectivity index (χ2v) is 6.88. The van der Waals surface area contributed by atoms with Crippen molar-refractivity contribution in [3.8, 4) is 0 Å². The van der Waals surface area contributed by atoms with Gasteiger partial charge in [-0.15, -0.1) is 11.3 Å². The Kier molecular flexibility index (Phi) is 11.9. The molecule has 26 heavy (non-hydrogen) atoms. The summed E-state index contributed by atoms with van der Waals surface area (Å²) < 4.78 is 10.9. The number of amidine groups is 1. The van der Waals surface area contributed by atoms with E-state index >= 15 is 0 Å². The molecule has 0 saturated carbocycles. The van der Waals surface area contributed by atoms with E-state index in [0.717, 1.165) is 32.5 Å². The van der Waals surface area contributed by atoms with Crippen molar-refractivity contribution in [2.75, 3.05) is 39.5 Å². The summed E-state index contributed by atoms with van der Waals surface area (Å²) in [5.74, 6) is -0.189. The van der Waals surface area contributed by atoms with E-state index in [1.54, 1.807) is 6.07 Å². The quantitative estimate of drug-likeness (QED) is 0.341. The van der Waals surface area contributed by atoms with Gasteiger partial charge < -0.3 is 14.4 Å². The zero-order valence-corrected chi connectivity index (χ0v) is 17.3. The SMILES string of the molecule is CCOCCOC(=N[C@H](C)CCCN(CC)CC)NC(=O)c1cccs1. The molecule has 6 nitrogen and oxygen atoms in total. The first-order valence-electron chi connectivity index (χ1n) is 9.46. The van der Waals surface area contributed by atoms with Crippen LogP contribution in [0.2, 0.25) is 0 Å². The van der Waals surface area contributed by atoms with E-state index in [4.69, 9.17) is 9.47 Å².